The minimum atomic E-state index is 0.321. The second kappa shape index (κ2) is 3.88. The fraction of sp³-hybridized carbons (Fsp3) is 0.769. The zero-order valence-electron chi connectivity index (χ0n) is 8.87. The highest BCUT2D eigenvalue weighted by atomic mass is 16.1. The van der Waals surface area contributed by atoms with Gasteiger partial charge in [-0.1, -0.05) is 25.3 Å². The smallest absolute Gasteiger partial charge is 0.123 e. The van der Waals surface area contributed by atoms with E-state index in [4.69, 9.17) is 0 Å². The molecule has 2 aliphatic rings. The lowest BCUT2D eigenvalue weighted by Gasteiger charge is -2.48. The van der Waals surface area contributed by atoms with Crippen LogP contribution in [0.15, 0.2) is 12.7 Å². The normalized spacial score (nSPS) is 42.6. The van der Waals surface area contributed by atoms with Crippen LogP contribution in [0, 0.1) is 17.3 Å². The van der Waals surface area contributed by atoms with Crippen molar-refractivity contribution in [1.29, 1.82) is 0 Å². The molecule has 2 fully saturated rings. The summed E-state index contributed by atoms with van der Waals surface area (Å²) in [6, 6.07) is 0. The van der Waals surface area contributed by atoms with Crippen LogP contribution in [0.2, 0.25) is 0 Å². The molecular weight excluding hydrogens is 172 g/mol. The molecule has 0 amide bonds. The average Bonchev–Trinajstić information content (AvgIpc) is 2.28. The van der Waals surface area contributed by atoms with Crippen molar-refractivity contribution in [3.8, 4) is 0 Å². The second-order valence-electron chi connectivity index (χ2n) is 4.98. The monoisotopic (exact) mass is 192 g/mol. The lowest BCUT2D eigenvalue weighted by molar-refractivity contribution is -0.116. The Kier molecular flexibility index (Phi) is 2.76. The average molecular weight is 192 g/mol. The van der Waals surface area contributed by atoms with Gasteiger partial charge in [0.05, 0.1) is 0 Å². The second-order valence-corrected chi connectivity index (χ2v) is 4.98. The van der Waals surface area contributed by atoms with Gasteiger partial charge in [-0.15, -0.1) is 6.58 Å². The predicted octanol–water partition coefficient (Wildman–Crippen LogP) is 3.35. The third kappa shape index (κ3) is 1.43. The molecule has 3 atom stereocenters. The van der Waals surface area contributed by atoms with Crippen molar-refractivity contribution >= 4 is 6.29 Å². The number of hydrogen-bond acceptors (Lipinski definition) is 1. The van der Waals surface area contributed by atoms with Crippen LogP contribution in [0.5, 0.6) is 0 Å². The summed E-state index contributed by atoms with van der Waals surface area (Å²) in [6.07, 6.45) is 12.1. The summed E-state index contributed by atoms with van der Waals surface area (Å²) >= 11 is 0. The van der Waals surface area contributed by atoms with Crippen LogP contribution in [-0.2, 0) is 4.79 Å². The Labute approximate surface area is 86.6 Å². The van der Waals surface area contributed by atoms with Gasteiger partial charge in [0.25, 0.3) is 0 Å². The van der Waals surface area contributed by atoms with Gasteiger partial charge in [0.1, 0.15) is 6.29 Å². The summed E-state index contributed by atoms with van der Waals surface area (Å²) in [5, 5.41) is 0. The fourth-order valence-electron chi connectivity index (χ4n) is 3.63. The maximum atomic E-state index is 11.0. The Bertz CT molecular complexity index is 229. The molecule has 0 aliphatic heterocycles. The van der Waals surface area contributed by atoms with Crippen molar-refractivity contribution in [3.05, 3.63) is 12.7 Å². The van der Waals surface area contributed by atoms with E-state index in [1.165, 1.54) is 44.8 Å². The predicted molar refractivity (Wildman–Crippen MR) is 58.0 cm³/mol. The summed E-state index contributed by atoms with van der Waals surface area (Å²) in [5.74, 6) is 0.932. The zero-order valence-corrected chi connectivity index (χ0v) is 8.87. The zero-order chi connectivity index (χ0) is 10.0. The number of allylic oxidation sites excluding steroid dienone is 1. The van der Waals surface area contributed by atoms with Crippen molar-refractivity contribution < 1.29 is 4.79 Å². The molecule has 14 heavy (non-hydrogen) atoms. The summed E-state index contributed by atoms with van der Waals surface area (Å²) in [7, 11) is 0. The van der Waals surface area contributed by atoms with Crippen molar-refractivity contribution in [2.45, 2.75) is 44.9 Å². The first kappa shape index (κ1) is 9.95. The van der Waals surface area contributed by atoms with Crippen LogP contribution in [0.1, 0.15) is 44.9 Å². The number of carbonyl (C=O) groups excluding carboxylic acids is 1. The third-order valence-electron chi connectivity index (χ3n) is 4.42. The molecule has 78 valence electrons. The van der Waals surface area contributed by atoms with Crippen molar-refractivity contribution in [2.24, 2.45) is 17.3 Å². The molecule has 1 heteroatoms. The number of fused-ring (bicyclic) bond motifs is 1. The fourth-order valence-corrected chi connectivity index (χ4v) is 3.63. The van der Waals surface area contributed by atoms with Crippen molar-refractivity contribution in [1.82, 2.24) is 0 Å². The van der Waals surface area contributed by atoms with Crippen LogP contribution in [0.3, 0.4) is 0 Å². The molecule has 0 radical (unpaired) electrons. The number of rotatable bonds is 2. The van der Waals surface area contributed by atoms with Crippen LogP contribution in [-0.4, -0.2) is 6.29 Å². The molecule has 1 nitrogen and oxygen atoms in total. The maximum Gasteiger partial charge on any atom is 0.123 e. The number of aldehydes is 1. The van der Waals surface area contributed by atoms with Gasteiger partial charge in [0.2, 0.25) is 0 Å². The minimum absolute atomic E-state index is 0.321. The van der Waals surface area contributed by atoms with E-state index >= 15 is 0 Å². The highest BCUT2D eigenvalue weighted by molar-refractivity contribution is 5.54. The van der Waals surface area contributed by atoms with Gasteiger partial charge in [0, 0.05) is 5.92 Å². The Morgan fingerprint density at radius 3 is 2.64 bits per heavy atom. The summed E-state index contributed by atoms with van der Waals surface area (Å²) < 4.78 is 0. The van der Waals surface area contributed by atoms with Gasteiger partial charge in [-0.3, -0.25) is 0 Å². The molecule has 0 N–H and O–H groups in total. The van der Waals surface area contributed by atoms with E-state index < -0.39 is 0 Å². The Hall–Kier alpha value is -0.590. The topological polar surface area (TPSA) is 17.1 Å². The molecule has 3 unspecified atom stereocenters. The third-order valence-corrected chi connectivity index (χ3v) is 4.42. The first-order chi connectivity index (χ1) is 6.82. The van der Waals surface area contributed by atoms with Gasteiger partial charge < -0.3 is 4.79 Å². The Morgan fingerprint density at radius 2 is 1.93 bits per heavy atom. The van der Waals surface area contributed by atoms with E-state index in [-0.39, 0.29) is 0 Å². The summed E-state index contributed by atoms with van der Waals surface area (Å²) in [5.41, 5.74) is 0.322. The Morgan fingerprint density at radius 1 is 1.14 bits per heavy atom. The molecular formula is C13H20O. The van der Waals surface area contributed by atoms with Gasteiger partial charge in [0.15, 0.2) is 0 Å². The molecule has 0 aromatic rings. The van der Waals surface area contributed by atoms with E-state index in [0.29, 0.717) is 17.3 Å². The molecule has 2 rings (SSSR count). The highest BCUT2D eigenvalue weighted by Gasteiger charge is 2.44. The van der Waals surface area contributed by atoms with E-state index in [0.717, 1.165) is 6.42 Å². The number of hydrogen-bond donors (Lipinski definition) is 0. The van der Waals surface area contributed by atoms with Crippen LogP contribution in [0.25, 0.3) is 0 Å². The van der Waals surface area contributed by atoms with E-state index in [1.807, 2.05) is 0 Å². The minimum Gasteiger partial charge on any atom is -0.303 e. The molecule has 0 saturated heterocycles. The highest BCUT2D eigenvalue weighted by Crippen LogP contribution is 2.52. The molecule has 0 spiro atoms. The first-order valence-corrected chi connectivity index (χ1v) is 5.91. The van der Waals surface area contributed by atoms with Gasteiger partial charge in [-0.25, -0.2) is 0 Å². The van der Waals surface area contributed by atoms with Gasteiger partial charge in [-0.05, 0) is 37.0 Å². The van der Waals surface area contributed by atoms with E-state index in [9.17, 15) is 4.79 Å². The lowest BCUT2D eigenvalue weighted by Crippen LogP contribution is -2.40. The largest absolute Gasteiger partial charge is 0.303 e. The number of carbonyl (C=O) groups is 1. The SMILES string of the molecule is C=CC12CCCCC1C(C=O)CCC2. The summed E-state index contributed by atoms with van der Waals surface area (Å²) in [6.45, 7) is 4.01. The van der Waals surface area contributed by atoms with E-state index in [1.54, 1.807) is 0 Å². The van der Waals surface area contributed by atoms with Crippen molar-refractivity contribution in [2.75, 3.05) is 0 Å². The molecule has 0 aromatic carbocycles. The first-order valence-electron chi connectivity index (χ1n) is 5.91. The standard InChI is InChI=1S/C13H20O/c1-2-13-8-4-3-7-12(13)11(10-14)6-5-9-13/h2,10-12H,1,3-9H2. The van der Waals surface area contributed by atoms with E-state index in [2.05, 4.69) is 12.7 Å². The molecule has 0 bridgehead atoms. The molecule has 0 aromatic heterocycles. The van der Waals surface area contributed by atoms with Crippen LogP contribution < -0.4 is 0 Å². The maximum absolute atomic E-state index is 11.0. The van der Waals surface area contributed by atoms with Gasteiger partial charge in [-0.2, -0.15) is 0 Å². The quantitative estimate of drug-likeness (QED) is 0.484. The Balaban J connectivity index is 2.23. The van der Waals surface area contributed by atoms with Gasteiger partial charge >= 0.3 is 0 Å². The lowest BCUT2D eigenvalue weighted by atomic mass is 9.56. The van der Waals surface area contributed by atoms with Crippen molar-refractivity contribution in [3.63, 3.8) is 0 Å². The van der Waals surface area contributed by atoms with Crippen LogP contribution in [0.4, 0.5) is 0 Å². The molecule has 0 heterocycles. The molecule has 2 saturated carbocycles. The molecule has 2 aliphatic carbocycles. The van der Waals surface area contributed by atoms with Crippen LogP contribution >= 0.6 is 0 Å². The summed E-state index contributed by atoms with van der Waals surface area (Å²) in [4.78, 5) is 11.0.